The molecule has 1 aromatic heterocycles. The Hall–Kier alpha value is -1.85. The third kappa shape index (κ3) is 2.15. The zero-order valence-corrected chi connectivity index (χ0v) is 9.53. The van der Waals surface area contributed by atoms with Gasteiger partial charge in [0.2, 0.25) is 0 Å². The number of hydrogen-bond donors (Lipinski definition) is 4. The molecule has 90 valence electrons. The Labute approximate surface area is 98.6 Å². The topological polar surface area (TPSA) is 91.1 Å². The third-order valence-corrected chi connectivity index (χ3v) is 2.67. The summed E-state index contributed by atoms with van der Waals surface area (Å²) >= 11 is 0. The van der Waals surface area contributed by atoms with Crippen molar-refractivity contribution in [2.24, 2.45) is 5.73 Å². The molecule has 2 rings (SSSR count). The third-order valence-electron chi connectivity index (χ3n) is 2.67. The average Bonchev–Trinajstić information content (AvgIpc) is 2.65. The van der Waals surface area contributed by atoms with Crippen LogP contribution in [0.15, 0.2) is 24.3 Å². The highest BCUT2D eigenvalue weighted by atomic mass is 16.3. The van der Waals surface area contributed by atoms with Gasteiger partial charge in [-0.25, -0.2) is 0 Å². The van der Waals surface area contributed by atoms with Gasteiger partial charge in [0.05, 0.1) is 5.69 Å². The van der Waals surface area contributed by atoms with Gasteiger partial charge in [-0.15, -0.1) is 0 Å². The number of nitrogens with two attached hydrogens (primary N) is 1. The van der Waals surface area contributed by atoms with Crippen molar-refractivity contribution in [3.05, 3.63) is 30.0 Å². The van der Waals surface area contributed by atoms with E-state index in [-0.39, 0.29) is 6.54 Å². The molecule has 0 saturated heterocycles. The summed E-state index contributed by atoms with van der Waals surface area (Å²) < 4.78 is 0. The Morgan fingerprint density at radius 2 is 2.24 bits per heavy atom. The molecular weight excluding hydrogens is 218 g/mol. The number of aryl methyl sites for hydroxylation is 1. The second-order valence-corrected chi connectivity index (χ2v) is 3.91. The van der Waals surface area contributed by atoms with Crippen LogP contribution in [0.2, 0.25) is 0 Å². The first-order chi connectivity index (χ1) is 8.13. The molecule has 5 heteroatoms. The van der Waals surface area contributed by atoms with Gasteiger partial charge in [-0.1, -0.05) is 18.2 Å². The number of hydrogen-bond acceptors (Lipinski definition) is 3. The molecule has 0 fully saturated rings. The summed E-state index contributed by atoms with van der Waals surface area (Å²) in [6, 6.07) is 7.64. The predicted molar refractivity (Wildman–Crippen MR) is 66.7 cm³/mol. The molecule has 0 spiro atoms. The van der Waals surface area contributed by atoms with Crippen LogP contribution in [0.25, 0.3) is 10.9 Å². The number of aromatic amines is 1. The lowest BCUT2D eigenvalue weighted by Crippen LogP contribution is -2.34. The van der Waals surface area contributed by atoms with E-state index >= 15 is 0 Å². The van der Waals surface area contributed by atoms with Gasteiger partial charge in [-0.3, -0.25) is 4.79 Å². The first-order valence-electron chi connectivity index (χ1n) is 5.39. The molecule has 0 saturated carbocycles. The highest BCUT2D eigenvalue weighted by Gasteiger charge is 2.16. The highest BCUT2D eigenvalue weighted by Crippen LogP contribution is 2.26. The number of para-hydroxylation sites is 1. The van der Waals surface area contributed by atoms with Gasteiger partial charge in [0, 0.05) is 23.1 Å². The Morgan fingerprint density at radius 3 is 2.94 bits per heavy atom. The Morgan fingerprint density at radius 1 is 1.53 bits per heavy atom. The minimum Gasteiger partial charge on any atom is -0.382 e. The number of aliphatic hydroxyl groups excluding tert-OH is 1. The number of carbonyl (C=O) groups is 1. The summed E-state index contributed by atoms with van der Waals surface area (Å²) in [6.07, 6.45) is -1.18. The van der Waals surface area contributed by atoms with Crippen molar-refractivity contribution in [2.45, 2.75) is 13.0 Å². The smallest absolute Gasteiger partial charge is 0.254 e. The Balaban J connectivity index is 2.35. The number of carbonyl (C=O) groups excluding carboxylic acids is 1. The predicted octanol–water partition coefficient (Wildman–Crippen LogP) is 0.734. The van der Waals surface area contributed by atoms with Gasteiger partial charge in [0.25, 0.3) is 5.91 Å². The molecule has 0 bridgehead atoms. The Kier molecular flexibility index (Phi) is 3.12. The highest BCUT2D eigenvalue weighted by molar-refractivity contribution is 6.04. The van der Waals surface area contributed by atoms with Crippen molar-refractivity contribution in [2.75, 3.05) is 11.9 Å². The number of rotatable bonds is 3. The van der Waals surface area contributed by atoms with E-state index in [1.54, 1.807) is 0 Å². The van der Waals surface area contributed by atoms with Gasteiger partial charge in [-0.2, -0.15) is 0 Å². The van der Waals surface area contributed by atoms with Crippen molar-refractivity contribution in [3.63, 3.8) is 0 Å². The minimum atomic E-state index is -1.18. The molecule has 1 unspecified atom stereocenters. The molecule has 0 aliphatic heterocycles. The quantitative estimate of drug-likeness (QED) is 0.630. The monoisotopic (exact) mass is 233 g/mol. The van der Waals surface area contributed by atoms with E-state index in [1.807, 2.05) is 31.2 Å². The van der Waals surface area contributed by atoms with E-state index in [9.17, 15) is 9.90 Å². The van der Waals surface area contributed by atoms with Crippen LogP contribution in [0.3, 0.4) is 0 Å². The number of amides is 1. The van der Waals surface area contributed by atoms with Crippen molar-refractivity contribution < 1.29 is 9.90 Å². The normalized spacial score (nSPS) is 12.6. The summed E-state index contributed by atoms with van der Waals surface area (Å²) in [6.45, 7) is 1.78. The average molecular weight is 233 g/mol. The van der Waals surface area contributed by atoms with Gasteiger partial charge in [0.1, 0.15) is 6.10 Å². The van der Waals surface area contributed by atoms with Crippen LogP contribution in [-0.4, -0.2) is 28.6 Å². The molecule has 5 N–H and O–H groups in total. The van der Waals surface area contributed by atoms with Gasteiger partial charge >= 0.3 is 0 Å². The molecule has 1 heterocycles. The van der Waals surface area contributed by atoms with Crippen molar-refractivity contribution in [1.82, 2.24) is 4.98 Å². The molecule has 0 radical (unpaired) electrons. The number of aromatic nitrogens is 1. The fourth-order valence-corrected chi connectivity index (χ4v) is 1.75. The fraction of sp³-hybridized carbons (Fsp3) is 0.250. The largest absolute Gasteiger partial charge is 0.382 e. The summed E-state index contributed by atoms with van der Waals surface area (Å²) in [5.74, 6) is -0.486. The number of benzene rings is 1. The summed E-state index contributed by atoms with van der Waals surface area (Å²) in [4.78, 5) is 14.7. The minimum absolute atomic E-state index is 0.0900. The van der Waals surface area contributed by atoms with Crippen LogP contribution in [0.1, 0.15) is 5.69 Å². The van der Waals surface area contributed by atoms with E-state index in [0.29, 0.717) is 5.69 Å². The molecule has 1 amide bonds. The Bertz CT molecular complexity index is 548. The maximum atomic E-state index is 11.6. The second-order valence-electron chi connectivity index (χ2n) is 3.91. The first kappa shape index (κ1) is 11.6. The van der Waals surface area contributed by atoms with Gasteiger partial charge in [0.15, 0.2) is 0 Å². The van der Waals surface area contributed by atoms with Gasteiger partial charge in [-0.05, 0) is 13.0 Å². The summed E-state index contributed by atoms with van der Waals surface area (Å²) in [5, 5.41) is 12.9. The lowest BCUT2D eigenvalue weighted by Gasteiger charge is -2.09. The standard InChI is InChI=1S/C12H15N3O2/c1-7-11(15-12(17)10(16)6-13)8-4-2-3-5-9(8)14-7/h2-5,10,14,16H,6,13H2,1H3,(H,15,17). The number of H-pyrrole nitrogens is 1. The SMILES string of the molecule is Cc1[nH]c2ccccc2c1NC(=O)C(O)CN. The fourth-order valence-electron chi connectivity index (χ4n) is 1.75. The molecule has 0 aliphatic rings. The number of anilines is 1. The number of fused-ring (bicyclic) bond motifs is 1. The van der Waals surface area contributed by atoms with Crippen molar-refractivity contribution >= 4 is 22.5 Å². The van der Waals surface area contributed by atoms with Crippen LogP contribution >= 0.6 is 0 Å². The van der Waals surface area contributed by atoms with Gasteiger partial charge < -0.3 is 21.1 Å². The molecule has 2 aromatic rings. The van der Waals surface area contributed by atoms with E-state index in [0.717, 1.165) is 16.6 Å². The maximum absolute atomic E-state index is 11.6. The maximum Gasteiger partial charge on any atom is 0.254 e. The van der Waals surface area contributed by atoms with E-state index in [4.69, 9.17) is 5.73 Å². The molecule has 0 aliphatic carbocycles. The summed E-state index contributed by atoms with van der Waals surface area (Å²) in [5.41, 5.74) is 7.72. The van der Waals surface area contributed by atoms with Crippen LogP contribution in [-0.2, 0) is 4.79 Å². The van der Waals surface area contributed by atoms with Crippen molar-refractivity contribution in [1.29, 1.82) is 0 Å². The second kappa shape index (κ2) is 4.57. The first-order valence-corrected chi connectivity index (χ1v) is 5.39. The van der Waals surface area contributed by atoms with Crippen molar-refractivity contribution in [3.8, 4) is 0 Å². The lowest BCUT2D eigenvalue weighted by molar-refractivity contribution is -0.123. The van der Waals surface area contributed by atoms with Crippen LogP contribution in [0.5, 0.6) is 0 Å². The molecule has 5 nitrogen and oxygen atoms in total. The van der Waals surface area contributed by atoms with E-state index < -0.39 is 12.0 Å². The van der Waals surface area contributed by atoms with Crippen LogP contribution < -0.4 is 11.1 Å². The zero-order valence-electron chi connectivity index (χ0n) is 9.53. The van der Waals surface area contributed by atoms with E-state index in [1.165, 1.54) is 0 Å². The molecule has 1 atom stereocenters. The summed E-state index contributed by atoms with van der Waals surface area (Å²) in [7, 11) is 0. The number of nitrogens with one attached hydrogen (secondary N) is 2. The number of aliphatic hydroxyl groups is 1. The molecular formula is C12H15N3O2. The van der Waals surface area contributed by atoms with Crippen LogP contribution in [0, 0.1) is 6.92 Å². The molecule has 17 heavy (non-hydrogen) atoms. The van der Waals surface area contributed by atoms with E-state index in [2.05, 4.69) is 10.3 Å². The van der Waals surface area contributed by atoms with Crippen LogP contribution in [0.4, 0.5) is 5.69 Å². The molecule has 1 aromatic carbocycles. The lowest BCUT2D eigenvalue weighted by atomic mass is 10.2. The zero-order chi connectivity index (χ0) is 12.4.